The number of aliphatic carboxylic acids is 1. The van der Waals surface area contributed by atoms with Crippen LogP contribution in [0, 0.1) is 0 Å². The molecule has 0 unspecified atom stereocenters. The van der Waals surface area contributed by atoms with Gasteiger partial charge in [0.25, 0.3) is 0 Å². The first kappa shape index (κ1) is 19.5. The number of carboxylic acid groups (broad SMARTS) is 1. The molecule has 156 valence electrons. The van der Waals surface area contributed by atoms with E-state index < -0.39 is 22.0 Å². The number of benzene rings is 3. The summed E-state index contributed by atoms with van der Waals surface area (Å²) in [6.45, 7) is 0. The Labute approximate surface area is 179 Å². The molecule has 31 heavy (non-hydrogen) atoms. The summed E-state index contributed by atoms with van der Waals surface area (Å²) in [4.78, 5) is 15.0. The maximum absolute atomic E-state index is 13.0. The van der Waals surface area contributed by atoms with E-state index >= 15 is 0 Å². The summed E-state index contributed by atoms with van der Waals surface area (Å²) in [5.74, 6) is -1.22. The number of carbonyl (C=O) groups is 1. The number of hydrogen-bond donors (Lipinski definition) is 3. The van der Waals surface area contributed by atoms with Gasteiger partial charge < -0.3 is 10.1 Å². The van der Waals surface area contributed by atoms with Gasteiger partial charge in [0, 0.05) is 23.5 Å². The second kappa shape index (κ2) is 7.37. The topological polar surface area (TPSA) is 99.3 Å². The Bertz CT molecular complexity index is 1420. The molecule has 3 N–H and O–H groups in total. The van der Waals surface area contributed by atoms with E-state index in [1.54, 1.807) is 18.3 Å². The van der Waals surface area contributed by atoms with Crippen molar-refractivity contribution in [1.82, 2.24) is 9.71 Å². The van der Waals surface area contributed by atoms with Crippen molar-refractivity contribution in [3.63, 3.8) is 0 Å². The van der Waals surface area contributed by atoms with Crippen molar-refractivity contribution in [1.29, 1.82) is 0 Å². The first-order valence-corrected chi connectivity index (χ1v) is 11.4. The molecule has 6 nitrogen and oxygen atoms in total. The molecule has 1 aliphatic carbocycles. The maximum Gasteiger partial charge on any atom is 0.322 e. The SMILES string of the molecule is O=C(O)[C@H](Cc1c[nH]c2ccccc12)NS(=O)(=O)c1ccc2c(c1)Cc1ccccc1-2. The Morgan fingerprint density at radius 1 is 1.00 bits per heavy atom. The van der Waals surface area contributed by atoms with Crippen LogP contribution in [-0.2, 0) is 27.7 Å². The fourth-order valence-electron chi connectivity index (χ4n) is 4.24. The number of para-hydroxylation sites is 1. The molecule has 0 fully saturated rings. The predicted molar refractivity (Wildman–Crippen MR) is 118 cm³/mol. The Hall–Kier alpha value is -3.42. The van der Waals surface area contributed by atoms with E-state index in [1.165, 1.54) is 6.07 Å². The van der Waals surface area contributed by atoms with Gasteiger partial charge in [-0.2, -0.15) is 4.72 Å². The highest BCUT2D eigenvalue weighted by atomic mass is 32.2. The third kappa shape index (κ3) is 3.52. The Balaban J connectivity index is 1.42. The normalized spacial score (nSPS) is 13.7. The minimum Gasteiger partial charge on any atom is -0.480 e. The third-order valence-electron chi connectivity index (χ3n) is 5.77. The predicted octanol–water partition coefficient (Wildman–Crippen LogP) is 3.71. The van der Waals surface area contributed by atoms with E-state index in [2.05, 4.69) is 9.71 Å². The van der Waals surface area contributed by atoms with E-state index in [9.17, 15) is 18.3 Å². The van der Waals surface area contributed by atoms with Gasteiger partial charge in [-0.1, -0.05) is 48.5 Å². The molecule has 0 spiro atoms. The van der Waals surface area contributed by atoms with Gasteiger partial charge in [0.1, 0.15) is 6.04 Å². The molecule has 0 bridgehead atoms. The third-order valence-corrected chi connectivity index (χ3v) is 7.24. The number of hydrogen-bond acceptors (Lipinski definition) is 3. The molecule has 5 rings (SSSR count). The zero-order chi connectivity index (χ0) is 21.6. The number of aromatic amines is 1. The van der Waals surface area contributed by atoms with Crippen LogP contribution in [0.1, 0.15) is 16.7 Å². The van der Waals surface area contributed by atoms with Crippen molar-refractivity contribution in [2.45, 2.75) is 23.8 Å². The van der Waals surface area contributed by atoms with Crippen LogP contribution in [0.5, 0.6) is 0 Å². The van der Waals surface area contributed by atoms with Crippen LogP contribution in [0.2, 0.25) is 0 Å². The standard InChI is InChI=1S/C24H20N2O4S/c27-24(28)23(13-17-14-25-22-8-4-3-7-21(17)22)26-31(29,30)18-9-10-20-16(12-18)11-15-5-1-2-6-19(15)20/h1-10,12,14,23,25-26H,11,13H2,(H,27,28)/t23-/m0/s1. The Morgan fingerprint density at radius 2 is 1.74 bits per heavy atom. The average Bonchev–Trinajstić information content (AvgIpc) is 3.34. The molecule has 1 aromatic heterocycles. The van der Waals surface area contributed by atoms with Crippen LogP contribution >= 0.6 is 0 Å². The van der Waals surface area contributed by atoms with E-state index in [0.717, 1.165) is 38.7 Å². The van der Waals surface area contributed by atoms with Crippen molar-refractivity contribution in [2.75, 3.05) is 0 Å². The van der Waals surface area contributed by atoms with Gasteiger partial charge in [-0.3, -0.25) is 4.79 Å². The molecule has 0 saturated carbocycles. The highest BCUT2D eigenvalue weighted by Crippen LogP contribution is 2.37. The molecule has 7 heteroatoms. The van der Waals surface area contributed by atoms with Crippen molar-refractivity contribution in [3.8, 4) is 11.1 Å². The van der Waals surface area contributed by atoms with E-state index in [4.69, 9.17) is 0 Å². The van der Waals surface area contributed by atoms with Crippen LogP contribution in [0.15, 0.2) is 77.8 Å². The number of rotatable bonds is 6. The molecule has 0 aliphatic heterocycles. The Morgan fingerprint density at radius 3 is 2.58 bits per heavy atom. The molecule has 0 amide bonds. The fourth-order valence-corrected chi connectivity index (χ4v) is 5.48. The first-order valence-electron chi connectivity index (χ1n) is 9.94. The lowest BCUT2D eigenvalue weighted by Gasteiger charge is -2.15. The van der Waals surface area contributed by atoms with Crippen molar-refractivity contribution in [3.05, 3.63) is 89.6 Å². The zero-order valence-electron chi connectivity index (χ0n) is 16.5. The van der Waals surface area contributed by atoms with E-state index in [-0.39, 0.29) is 11.3 Å². The number of H-pyrrole nitrogens is 1. The summed E-state index contributed by atoms with van der Waals surface area (Å²) in [6.07, 6.45) is 2.42. The zero-order valence-corrected chi connectivity index (χ0v) is 17.3. The molecule has 4 aromatic rings. The van der Waals surface area contributed by atoms with Gasteiger partial charge in [-0.15, -0.1) is 0 Å². The molecular weight excluding hydrogens is 412 g/mol. The molecule has 0 radical (unpaired) electrons. The van der Waals surface area contributed by atoms with Gasteiger partial charge in [-0.05, 0) is 52.4 Å². The lowest BCUT2D eigenvalue weighted by atomic mass is 10.1. The van der Waals surface area contributed by atoms with E-state index in [1.807, 2.05) is 48.5 Å². The monoisotopic (exact) mass is 432 g/mol. The van der Waals surface area contributed by atoms with Crippen LogP contribution in [-0.4, -0.2) is 30.5 Å². The Kier molecular flexibility index (Phi) is 4.64. The summed E-state index contributed by atoms with van der Waals surface area (Å²) in [7, 11) is -4.01. The summed E-state index contributed by atoms with van der Waals surface area (Å²) < 4.78 is 28.4. The van der Waals surface area contributed by atoms with Gasteiger partial charge in [-0.25, -0.2) is 8.42 Å². The fraction of sp³-hybridized carbons (Fsp3) is 0.125. The van der Waals surface area contributed by atoms with Crippen molar-refractivity contribution in [2.24, 2.45) is 0 Å². The quantitative estimate of drug-likeness (QED) is 0.381. The van der Waals surface area contributed by atoms with Crippen molar-refractivity contribution < 1.29 is 18.3 Å². The molecule has 3 aromatic carbocycles. The molecule has 1 heterocycles. The number of fused-ring (bicyclic) bond motifs is 4. The average molecular weight is 433 g/mol. The summed E-state index contributed by atoms with van der Waals surface area (Å²) in [5.41, 5.74) is 5.83. The highest BCUT2D eigenvalue weighted by molar-refractivity contribution is 7.89. The van der Waals surface area contributed by atoms with Crippen molar-refractivity contribution >= 4 is 26.9 Å². The first-order chi connectivity index (χ1) is 14.9. The van der Waals surface area contributed by atoms with Crippen LogP contribution < -0.4 is 4.72 Å². The highest BCUT2D eigenvalue weighted by Gasteiger charge is 2.28. The lowest BCUT2D eigenvalue weighted by molar-refractivity contribution is -0.138. The minimum atomic E-state index is -4.01. The maximum atomic E-state index is 13.0. The molecule has 1 aliphatic rings. The van der Waals surface area contributed by atoms with Gasteiger partial charge in [0.15, 0.2) is 0 Å². The minimum absolute atomic E-state index is 0.0367. The smallest absolute Gasteiger partial charge is 0.322 e. The second-order valence-corrected chi connectivity index (χ2v) is 9.44. The van der Waals surface area contributed by atoms with E-state index in [0.29, 0.717) is 6.42 Å². The van der Waals surface area contributed by atoms with Crippen LogP contribution in [0.3, 0.4) is 0 Å². The summed E-state index contributed by atoms with van der Waals surface area (Å²) >= 11 is 0. The van der Waals surface area contributed by atoms with Crippen LogP contribution in [0.4, 0.5) is 0 Å². The number of sulfonamides is 1. The van der Waals surface area contributed by atoms with Crippen LogP contribution in [0.25, 0.3) is 22.0 Å². The molecule has 0 saturated heterocycles. The summed E-state index contributed by atoms with van der Waals surface area (Å²) in [6, 6.07) is 19.2. The van der Waals surface area contributed by atoms with Gasteiger partial charge in [0.05, 0.1) is 4.90 Å². The largest absolute Gasteiger partial charge is 0.480 e. The number of carboxylic acids is 1. The lowest BCUT2D eigenvalue weighted by Crippen LogP contribution is -2.42. The summed E-state index contributed by atoms with van der Waals surface area (Å²) in [5, 5.41) is 10.6. The molecular formula is C24H20N2O4S. The van der Waals surface area contributed by atoms with Gasteiger partial charge >= 0.3 is 5.97 Å². The number of nitrogens with one attached hydrogen (secondary N) is 2. The van der Waals surface area contributed by atoms with Gasteiger partial charge in [0.2, 0.25) is 10.0 Å². The molecule has 1 atom stereocenters. The second-order valence-electron chi connectivity index (χ2n) is 7.73. The number of aromatic nitrogens is 1.